The van der Waals surface area contributed by atoms with Crippen molar-refractivity contribution in [1.29, 1.82) is 0 Å². The first-order valence-corrected chi connectivity index (χ1v) is 9.23. The Morgan fingerprint density at radius 2 is 2.00 bits per heavy atom. The molecule has 148 valence electrons. The molecule has 2 aromatic heterocycles. The average Bonchev–Trinajstić information content (AvgIpc) is 3.01. The summed E-state index contributed by atoms with van der Waals surface area (Å²) >= 11 is 0. The van der Waals surface area contributed by atoms with Crippen molar-refractivity contribution in [2.24, 2.45) is 5.10 Å². The molecular weight excluding hydrogens is 358 g/mol. The van der Waals surface area contributed by atoms with Gasteiger partial charge >= 0.3 is 5.91 Å². The third-order valence-electron chi connectivity index (χ3n) is 4.30. The van der Waals surface area contributed by atoms with E-state index in [0.717, 1.165) is 29.7 Å². The average molecular weight is 383 g/mol. The quantitative estimate of drug-likeness (QED) is 0.703. The van der Waals surface area contributed by atoms with E-state index in [0.29, 0.717) is 17.7 Å². The normalized spacial score (nSPS) is 15.2. The fraction of sp³-hybridized carbons (Fsp3) is 0.400. The van der Waals surface area contributed by atoms with Crippen LogP contribution in [0.4, 0.5) is 0 Å². The number of hydrazine groups is 1. The van der Waals surface area contributed by atoms with Crippen LogP contribution in [0.1, 0.15) is 71.4 Å². The largest absolute Gasteiger partial charge is 0.455 e. The first kappa shape index (κ1) is 19.8. The lowest BCUT2D eigenvalue weighted by molar-refractivity contribution is 0.0882. The second kappa shape index (κ2) is 7.93. The molecule has 0 saturated heterocycles. The van der Waals surface area contributed by atoms with Crippen LogP contribution in [0.25, 0.3) is 0 Å². The molecule has 3 rings (SSSR count). The molecule has 2 aromatic rings. The summed E-state index contributed by atoms with van der Waals surface area (Å²) in [6.07, 6.45) is 5.35. The van der Waals surface area contributed by atoms with Crippen LogP contribution in [-0.2, 0) is 6.42 Å². The first-order valence-electron chi connectivity index (χ1n) is 9.23. The van der Waals surface area contributed by atoms with Crippen LogP contribution in [0.5, 0.6) is 0 Å². The van der Waals surface area contributed by atoms with Crippen LogP contribution in [0.3, 0.4) is 0 Å². The van der Waals surface area contributed by atoms with Gasteiger partial charge in [0.25, 0.3) is 5.91 Å². The van der Waals surface area contributed by atoms with E-state index >= 15 is 0 Å². The number of amides is 2. The van der Waals surface area contributed by atoms with E-state index < -0.39 is 0 Å². The molecule has 0 bridgehead atoms. The number of fused-ring (bicyclic) bond motifs is 1. The van der Waals surface area contributed by atoms with Gasteiger partial charge in [0.05, 0.1) is 11.3 Å². The topological polar surface area (TPSA) is 109 Å². The van der Waals surface area contributed by atoms with E-state index in [4.69, 9.17) is 4.42 Å². The molecule has 0 aliphatic heterocycles. The SMILES string of the molecule is Cc1c(C(=O)NNC(C)(C)C)oc2c1/C(=N/NC(=O)c1cccnc1)CCC2. The van der Waals surface area contributed by atoms with E-state index in [-0.39, 0.29) is 23.1 Å². The lowest BCUT2D eigenvalue weighted by Crippen LogP contribution is -2.48. The Bertz CT molecular complexity index is 910. The van der Waals surface area contributed by atoms with Crippen LogP contribution in [0.2, 0.25) is 0 Å². The molecule has 2 heterocycles. The van der Waals surface area contributed by atoms with Gasteiger partial charge in [-0.1, -0.05) is 0 Å². The van der Waals surface area contributed by atoms with Gasteiger partial charge in [-0.3, -0.25) is 20.0 Å². The molecule has 0 aromatic carbocycles. The fourth-order valence-electron chi connectivity index (χ4n) is 2.98. The van der Waals surface area contributed by atoms with Crippen LogP contribution >= 0.6 is 0 Å². The van der Waals surface area contributed by atoms with E-state index in [1.165, 1.54) is 6.20 Å². The number of aromatic nitrogens is 1. The molecular formula is C20H25N5O3. The standard InChI is InChI=1S/C20H25N5O3/c1-12-16-14(22-23-18(26)13-7-6-10-21-11-13)8-5-9-15(16)28-17(12)19(27)24-25-20(2,3)4/h6-7,10-11,25H,5,8-9H2,1-4H3,(H,23,26)(H,24,27)/b22-14+. The minimum absolute atomic E-state index is 0.259. The molecule has 0 atom stereocenters. The second-order valence-electron chi connectivity index (χ2n) is 7.78. The predicted molar refractivity (Wildman–Crippen MR) is 105 cm³/mol. The maximum atomic E-state index is 12.5. The smallest absolute Gasteiger partial charge is 0.301 e. The molecule has 0 spiro atoms. The van der Waals surface area contributed by atoms with Crippen LogP contribution in [0.15, 0.2) is 34.0 Å². The van der Waals surface area contributed by atoms with Crippen molar-refractivity contribution in [2.75, 3.05) is 0 Å². The van der Waals surface area contributed by atoms with Gasteiger partial charge < -0.3 is 4.42 Å². The summed E-state index contributed by atoms with van der Waals surface area (Å²) in [6, 6.07) is 3.36. The zero-order chi connectivity index (χ0) is 20.3. The number of nitrogens with zero attached hydrogens (tertiary/aromatic N) is 2. The summed E-state index contributed by atoms with van der Waals surface area (Å²) in [4.78, 5) is 28.7. The number of hydrogen-bond acceptors (Lipinski definition) is 6. The zero-order valence-electron chi connectivity index (χ0n) is 16.5. The van der Waals surface area contributed by atoms with Crippen LogP contribution in [-0.4, -0.2) is 28.0 Å². The van der Waals surface area contributed by atoms with Gasteiger partial charge in [-0.05, 0) is 52.7 Å². The number of pyridine rings is 1. The van der Waals surface area contributed by atoms with Gasteiger partial charge in [-0.15, -0.1) is 0 Å². The third kappa shape index (κ3) is 4.45. The molecule has 8 nitrogen and oxygen atoms in total. The van der Waals surface area contributed by atoms with E-state index in [9.17, 15) is 9.59 Å². The lowest BCUT2D eigenvalue weighted by Gasteiger charge is -2.20. The highest BCUT2D eigenvalue weighted by Gasteiger charge is 2.28. The second-order valence-corrected chi connectivity index (χ2v) is 7.78. The van der Waals surface area contributed by atoms with E-state index in [2.05, 4.69) is 26.4 Å². The van der Waals surface area contributed by atoms with Gasteiger partial charge in [0.15, 0.2) is 5.76 Å². The predicted octanol–water partition coefficient (Wildman–Crippen LogP) is 2.49. The molecule has 8 heteroatoms. The molecule has 3 N–H and O–H groups in total. The number of hydrogen-bond donors (Lipinski definition) is 3. The Hall–Kier alpha value is -3.00. The Balaban J connectivity index is 1.81. The van der Waals surface area contributed by atoms with Gasteiger partial charge in [-0.2, -0.15) is 5.10 Å². The molecule has 28 heavy (non-hydrogen) atoms. The summed E-state index contributed by atoms with van der Waals surface area (Å²) in [6.45, 7) is 7.67. The third-order valence-corrected chi connectivity index (χ3v) is 4.30. The summed E-state index contributed by atoms with van der Waals surface area (Å²) in [5.74, 6) is 0.316. The first-order chi connectivity index (χ1) is 13.3. The van der Waals surface area contributed by atoms with E-state index in [1.807, 2.05) is 27.7 Å². The van der Waals surface area contributed by atoms with Crippen LogP contribution in [0, 0.1) is 6.92 Å². The minimum Gasteiger partial charge on any atom is -0.455 e. The molecule has 2 amide bonds. The molecule has 1 aliphatic carbocycles. The molecule has 0 saturated carbocycles. The number of hydrazone groups is 1. The molecule has 0 radical (unpaired) electrons. The highest BCUT2D eigenvalue weighted by Crippen LogP contribution is 2.29. The van der Waals surface area contributed by atoms with Gasteiger partial charge in [0.2, 0.25) is 0 Å². The van der Waals surface area contributed by atoms with Crippen molar-refractivity contribution in [3.63, 3.8) is 0 Å². The lowest BCUT2D eigenvalue weighted by atomic mass is 9.93. The maximum absolute atomic E-state index is 12.5. The van der Waals surface area contributed by atoms with Gasteiger partial charge in [0.1, 0.15) is 5.76 Å². The van der Waals surface area contributed by atoms with Crippen molar-refractivity contribution < 1.29 is 14.0 Å². The number of carbonyl (C=O) groups is 2. The maximum Gasteiger partial charge on any atom is 0.301 e. The Kier molecular flexibility index (Phi) is 5.60. The highest BCUT2D eigenvalue weighted by molar-refractivity contribution is 6.07. The van der Waals surface area contributed by atoms with Gasteiger partial charge in [-0.25, -0.2) is 10.9 Å². The minimum atomic E-state index is -0.333. The Morgan fingerprint density at radius 3 is 2.68 bits per heavy atom. The number of furan rings is 1. The highest BCUT2D eigenvalue weighted by atomic mass is 16.4. The molecule has 1 aliphatic rings. The zero-order valence-corrected chi connectivity index (χ0v) is 16.5. The Morgan fingerprint density at radius 1 is 1.21 bits per heavy atom. The van der Waals surface area contributed by atoms with E-state index in [1.54, 1.807) is 18.3 Å². The number of nitrogens with one attached hydrogen (secondary N) is 3. The van der Waals surface area contributed by atoms with Crippen molar-refractivity contribution in [1.82, 2.24) is 21.3 Å². The number of rotatable bonds is 4. The van der Waals surface area contributed by atoms with Crippen molar-refractivity contribution in [3.8, 4) is 0 Å². The fourth-order valence-corrected chi connectivity index (χ4v) is 2.98. The summed E-state index contributed by atoms with van der Waals surface area (Å²) in [7, 11) is 0. The van der Waals surface area contributed by atoms with Crippen LogP contribution < -0.4 is 16.3 Å². The Labute approximate surface area is 163 Å². The summed E-state index contributed by atoms with van der Waals surface area (Å²) in [5.41, 5.74) is 10.6. The molecule has 0 unspecified atom stereocenters. The van der Waals surface area contributed by atoms with Crippen molar-refractivity contribution >= 4 is 17.5 Å². The number of aryl methyl sites for hydroxylation is 1. The summed E-state index contributed by atoms with van der Waals surface area (Å²) < 4.78 is 5.83. The monoisotopic (exact) mass is 383 g/mol. The summed E-state index contributed by atoms with van der Waals surface area (Å²) in [5, 5.41) is 4.30. The van der Waals surface area contributed by atoms with Gasteiger partial charge in [0, 0.05) is 35.5 Å². The number of carbonyl (C=O) groups excluding carboxylic acids is 2. The molecule has 0 fully saturated rings. The van der Waals surface area contributed by atoms with Crippen molar-refractivity contribution in [2.45, 2.75) is 52.5 Å². The van der Waals surface area contributed by atoms with Crippen molar-refractivity contribution in [3.05, 3.63) is 52.7 Å².